The Bertz CT molecular complexity index is 864. The van der Waals surface area contributed by atoms with Crippen LogP contribution in [-0.2, 0) is 6.18 Å². The van der Waals surface area contributed by atoms with Crippen LogP contribution in [0.25, 0.3) is 11.5 Å². The van der Waals surface area contributed by atoms with Gasteiger partial charge in [0.2, 0.25) is 5.82 Å². The monoisotopic (exact) mass is 335 g/mol. The minimum atomic E-state index is -4.51. The van der Waals surface area contributed by atoms with E-state index in [0.29, 0.717) is 5.69 Å². The maximum absolute atomic E-state index is 12.7. The Kier molecular flexibility index (Phi) is 3.94. The molecule has 1 aromatic carbocycles. The molecular formula is C14H8F3N5O2. The van der Waals surface area contributed by atoms with Crippen LogP contribution in [0, 0.1) is 0 Å². The third-order valence-electron chi connectivity index (χ3n) is 2.86. The predicted molar refractivity (Wildman–Crippen MR) is 74.7 cm³/mol. The molecule has 3 aromatic rings. The fourth-order valence-electron chi connectivity index (χ4n) is 1.79. The lowest BCUT2D eigenvalue weighted by molar-refractivity contribution is -0.137. The first kappa shape index (κ1) is 15.6. The van der Waals surface area contributed by atoms with Crippen molar-refractivity contribution in [3.8, 4) is 11.5 Å². The summed E-state index contributed by atoms with van der Waals surface area (Å²) in [6.45, 7) is 0. The first-order chi connectivity index (χ1) is 11.4. The van der Waals surface area contributed by atoms with Crippen molar-refractivity contribution in [2.75, 3.05) is 5.32 Å². The van der Waals surface area contributed by atoms with E-state index in [0.717, 1.165) is 12.1 Å². The normalized spacial score (nSPS) is 11.3. The lowest BCUT2D eigenvalue weighted by Crippen LogP contribution is -2.13. The smallest absolute Gasteiger partial charge is 0.328 e. The molecule has 0 atom stereocenters. The van der Waals surface area contributed by atoms with E-state index in [1.165, 1.54) is 30.7 Å². The van der Waals surface area contributed by atoms with Gasteiger partial charge in [-0.1, -0.05) is 11.2 Å². The Labute approximate surface area is 132 Å². The number of alkyl halides is 3. The van der Waals surface area contributed by atoms with E-state index in [1.54, 1.807) is 0 Å². The summed E-state index contributed by atoms with van der Waals surface area (Å²) in [7, 11) is 0. The van der Waals surface area contributed by atoms with Crippen LogP contribution in [-0.4, -0.2) is 26.0 Å². The van der Waals surface area contributed by atoms with Crippen LogP contribution in [0.3, 0.4) is 0 Å². The molecule has 1 N–H and O–H groups in total. The summed E-state index contributed by atoms with van der Waals surface area (Å²) in [6.07, 6.45) is -0.275. The Morgan fingerprint density at radius 3 is 2.75 bits per heavy atom. The Morgan fingerprint density at radius 1 is 1.21 bits per heavy atom. The molecule has 0 aliphatic heterocycles. The molecule has 2 aromatic heterocycles. The van der Waals surface area contributed by atoms with Crippen LogP contribution >= 0.6 is 0 Å². The van der Waals surface area contributed by atoms with Gasteiger partial charge in [0.1, 0.15) is 5.69 Å². The summed E-state index contributed by atoms with van der Waals surface area (Å²) in [6, 6.07) is 4.19. The highest BCUT2D eigenvalue weighted by Crippen LogP contribution is 2.30. The Hall–Kier alpha value is -3.30. The standard InChI is InChI=1S/C14H8F3N5O2/c15-14(16,17)8-2-1-3-9(6-8)20-12(23)13-21-11(22-24-13)10-7-18-4-5-19-10/h1-7H,(H,20,23). The number of nitrogens with one attached hydrogen (secondary N) is 1. The molecule has 7 nitrogen and oxygen atoms in total. The molecule has 0 aliphatic carbocycles. The van der Waals surface area contributed by atoms with Crippen LogP contribution in [0.1, 0.15) is 16.2 Å². The lowest BCUT2D eigenvalue weighted by Gasteiger charge is -2.08. The van der Waals surface area contributed by atoms with E-state index >= 15 is 0 Å². The molecule has 0 unspecified atom stereocenters. The third-order valence-corrected chi connectivity index (χ3v) is 2.86. The van der Waals surface area contributed by atoms with Crippen molar-refractivity contribution in [2.45, 2.75) is 6.18 Å². The molecule has 0 aliphatic rings. The molecule has 122 valence electrons. The highest BCUT2D eigenvalue weighted by molar-refractivity contribution is 6.01. The first-order valence-corrected chi connectivity index (χ1v) is 6.52. The van der Waals surface area contributed by atoms with Crippen molar-refractivity contribution in [1.29, 1.82) is 0 Å². The summed E-state index contributed by atoms with van der Waals surface area (Å²) in [5.74, 6) is -1.21. The Balaban J connectivity index is 1.78. The molecule has 0 fully saturated rings. The van der Waals surface area contributed by atoms with Gasteiger partial charge in [0, 0.05) is 18.1 Å². The van der Waals surface area contributed by atoms with E-state index < -0.39 is 23.5 Å². The number of nitrogens with zero attached hydrogens (tertiary/aromatic N) is 4. The fourth-order valence-corrected chi connectivity index (χ4v) is 1.79. The summed E-state index contributed by atoms with van der Waals surface area (Å²) < 4.78 is 42.7. The average Bonchev–Trinajstić information content (AvgIpc) is 3.05. The van der Waals surface area contributed by atoms with Gasteiger partial charge in [-0.15, -0.1) is 0 Å². The number of benzene rings is 1. The lowest BCUT2D eigenvalue weighted by atomic mass is 10.2. The molecule has 1 amide bonds. The minimum absolute atomic E-state index is 0.0392. The highest BCUT2D eigenvalue weighted by atomic mass is 19.4. The second-order valence-corrected chi connectivity index (χ2v) is 4.55. The number of amides is 1. The topological polar surface area (TPSA) is 93.8 Å². The highest BCUT2D eigenvalue weighted by Gasteiger charge is 2.30. The van der Waals surface area contributed by atoms with E-state index in [4.69, 9.17) is 4.52 Å². The molecule has 10 heteroatoms. The van der Waals surface area contributed by atoms with Crippen molar-refractivity contribution in [3.63, 3.8) is 0 Å². The first-order valence-electron chi connectivity index (χ1n) is 6.52. The van der Waals surface area contributed by atoms with Crippen LogP contribution in [0.5, 0.6) is 0 Å². The summed E-state index contributed by atoms with van der Waals surface area (Å²) in [5, 5.41) is 5.84. The Morgan fingerprint density at radius 2 is 2.04 bits per heavy atom. The molecule has 0 spiro atoms. The maximum atomic E-state index is 12.7. The summed E-state index contributed by atoms with van der Waals surface area (Å²) >= 11 is 0. The number of carbonyl (C=O) groups excluding carboxylic acids is 1. The van der Waals surface area contributed by atoms with Gasteiger partial charge < -0.3 is 9.84 Å². The van der Waals surface area contributed by atoms with Crippen molar-refractivity contribution in [2.24, 2.45) is 0 Å². The van der Waals surface area contributed by atoms with Crippen molar-refractivity contribution in [1.82, 2.24) is 20.1 Å². The van der Waals surface area contributed by atoms with Gasteiger partial charge >= 0.3 is 18.0 Å². The zero-order valence-electron chi connectivity index (χ0n) is 11.8. The zero-order valence-corrected chi connectivity index (χ0v) is 11.8. The number of rotatable bonds is 3. The number of carbonyl (C=O) groups is 1. The zero-order chi connectivity index (χ0) is 17.2. The quantitative estimate of drug-likeness (QED) is 0.791. The van der Waals surface area contributed by atoms with Crippen molar-refractivity contribution in [3.05, 3.63) is 54.3 Å². The summed E-state index contributed by atoms with van der Waals surface area (Å²) in [4.78, 5) is 23.6. The van der Waals surface area contributed by atoms with Gasteiger partial charge in [-0.05, 0) is 18.2 Å². The van der Waals surface area contributed by atoms with Crippen LogP contribution in [0.4, 0.5) is 18.9 Å². The molecule has 0 radical (unpaired) electrons. The average molecular weight is 335 g/mol. The minimum Gasteiger partial charge on any atom is -0.328 e. The second kappa shape index (κ2) is 6.07. The van der Waals surface area contributed by atoms with Gasteiger partial charge in [0.15, 0.2) is 0 Å². The van der Waals surface area contributed by atoms with Crippen LogP contribution in [0.15, 0.2) is 47.4 Å². The van der Waals surface area contributed by atoms with E-state index in [-0.39, 0.29) is 11.5 Å². The molecule has 0 saturated heterocycles. The number of hydrogen-bond acceptors (Lipinski definition) is 6. The fraction of sp³-hybridized carbons (Fsp3) is 0.0714. The molecule has 3 rings (SSSR count). The second-order valence-electron chi connectivity index (χ2n) is 4.55. The number of halogens is 3. The molecule has 2 heterocycles. The van der Waals surface area contributed by atoms with Gasteiger partial charge in [-0.2, -0.15) is 18.2 Å². The number of anilines is 1. The van der Waals surface area contributed by atoms with E-state index in [2.05, 4.69) is 25.4 Å². The third kappa shape index (κ3) is 3.37. The van der Waals surface area contributed by atoms with Crippen LogP contribution in [0.2, 0.25) is 0 Å². The molecular weight excluding hydrogens is 327 g/mol. The largest absolute Gasteiger partial charge is 0.416 e. The molecule has 0 saturated carbocycles. The van der Waals surface area contributed by atoms with Gasteiger partial charge in [-0.3, -0.25) is 9.78 Å². The molecule has 0 bridgehead atoms. The SMILES string of the molecule is O=C(Nc1cccc(C(F)(F)F)c1)c1nc(-c2cnccn2)no1. The van der Waals surface area contributed by atoms with E-state index in [9.17, 15) is 18.0 Å². The van der Waals surface area contributed by atoms with Gasteiger partial charge in [0.25, 0.3) is 0 Å². The number of hydrogen-bond donors (Lipinski definition) is 1. The van der Waals surface area contributed by atoms with Gasteiger partial charge in [-0.25, -0.2) is 4.98 Å². The molecule has 24 heavy (non-hydrogen) atoms. The van der Waals surface area contributed by atoms with E-state index in [1.807, 2.05) is 0 Å². The van der Waals surface area contributed by atoms with Gasteiger partial charge in [0.05, 0.1) is 11.8 Å². The predicted octanol–water partition coefficient (Wildman–Crippen LogP) is 2.80. The number of aromatic nitrogens is 4. The maximum Gasteiger partial charge on any atom is 0.416 e. The van der Waals surface area contributed by atoms with Crippen molar-refractivity contribution < 1.29 is 22.5 Å². The summed E-state index contributed by atoms with van der Waals surface area (Å²) in [5.41, 5.74) is -0.639. The van der Waals surface area contributed by atoms with Crippen LogP contribution < -0.4 is 5.32 Å². The van der Waals surface area contributed by atoms with Crippen molar-refractivity contribution >= 4 is 11.6 Å².